The number of aromatic nitrogens is 1. The number of hydrogen-bond donors (Lipinski definition) is 0. The van der Waals surface area contributed by atoms with Gasteiger partial charge in [-0.3, -0.25) is 0 Å². The molecule has 0 unspecified atom stereocenters. The third-order valence-electron chi connectivity index (χ3n) is 2.41. The standard InChI is InChI=1S/C13H9NO2/c15-11-7-3-1-5-9(11)13-14-10-6-2-4-8-12(10)16-13/h1-8,15H/p-1. The first-order valence-electron chi connectivity index (χ1n) is 4.96. The lowest BCUT2D eigenvalue weighted by Gasteiger charge is -2.08. The molecule has 0 saturated carbocycles. The highest BCUT2D eigenvalue weighted by molar-refractivity contribution is 5.77. The molecule has 3 aromatic rings. The van der Waals surface area contributed by atoms with Crippen LogP contribution < -0.4 is 5.11 Å². The van der Waals surface area contributed by atoms with Gasteiger partial charge in [0.25, 0.3) is 0 Å². The van der Waals surface area contributed by atoms with E-state index < -0.39 is 0 Å². The average molecular weight is 210 g/mol. The maximum absolute atomic E-state index is 11.6. The van der Waals surface area contributed by atoms with Crippen molar-refractivity contribution in [2.75, 3.05) is 0 Å². The molecule has 0 amide bonds. The lowest BCUT2D eigenvalue weighted by molar-refractivity contribution is -0.267. The monoisotopic (exact) mass is 210 g/mol. The minimum absolute atomic E-state index is 0.0749. The molecule has 1 aromatic heterocycles. The summed E-state index contributed by atoms with van der Waals surface area (Å²) in [5.74, 6) is 0.306. The van der Waals surface area contributed by atoms with E-state index in [1.807, 2.05) is 24.3 Å². The van der Waals surface area contributed by atoms with E-state index >= 15 is 0 Å². The molecule has 3 nitrogen and oxygen atoms in total. The molecule has 0 bridgehead atoms. The lowest BCUT2D eigenvalue weighted by Crippen LogP contribution is -1.92. The van der Waals surface area contributed by atoms with E-state index in [9.17, 15) is 5.11 Å². The number of para-hydroxylation sites is 3. The van der Waals surface area contributed by atoms with Crippen LogP contribution in [0, 0.1) is 0 Å². The highest BCUT2D eigenvalue weighted by Gasteiger charge is 2.07. The molecular formula is C13H8NO2-. The lowest BCUT2D eigenvalue weighted by atomic mass is 10.2. The minimum atomic E-state index is -0.0749. The summed E-state index contributed by atoms with van der Waals surface area (Å²) in [6, 6.07) is 14.2. The van der Waals surface area contributed by atoms with E-state index in [0.717, 1.165) is 5.52 Å². The molecule has 0 aliphatic heterocycles. The Morgan fingerprint density at radius 2 is 1.69 bits per heavy atom. The van der Waals surface area contributed by atoms with Crippen LogP contribution >= 0.6 is 0 Å². The van der Waals surface area contributed by atoms with E-state index in [-0.39, 0.29) is 5.75 Å². The molecule has 3 heteroatoms. The van der Waals surface area contributed by atoms with Crippen molar-refractivity contribution in [1.82, 2.24) is 4.98 Å². The summed E-state index contributed by atoms with van der Waals surface area (Å²) in [7, 11) is 0. The van der Waals surface area contributed by atoms with Crippen LogP contribution in [0.15, 0.2) is 52.9 Å². The van der Waals surface area contributed by atoms with Crippen LogP contribution in [0.25, 0.3) is 22.6 Å². The van der Waals surface area contributed by atoms with Crippen molar-refractivity contribution in [2.24, 2.45) is 0 Å². The first kappa shape index (κ1) is 8.97. The van der Waals surface area contributed by atoms with Crippen LogP contribution in [-0.2, 0) is 0 Å². The van der Waals surface area contributed by atoms with Crippen molar-refractivity contribution >= 4 is 11.1 Å². The second kappa shape index (κ2) is 3.38. The smallest absolute Gasteiger partial charge is 0.226 e. The number of hydrogen-bond acceptors (Lipinski definition) is 3. The summed E-state index contributed by atoms with van der Waals surface area (Å²) in [4.78, 5) is 4.28. The number of fused-ring (bicyclic) bond motifs is 1. The Bertz CT molecular complexity index is 610. The van der Waals surface area contributed by atoms with Crippen LogP contribution in [0.2, 0.25) is 0 Å². The number of rotatable bonds is 1. The van der Waals surface area contributed by atoms with Crippen LogP contribution in [0.1, 0.15) is 0 Å². The van der Waals surface area contributed by atoms with Gasteiger partial charge in [0.1, 0.15) is 5.52 Å². The van der Waals surface area contributed by atoms with E-state index in [1.165, 1.54) is 6.07 Å². The van der Waals surface area contributed by atoms with Crippen molar-refractivity contribution in [3.63, 3.8) is 0 Å². The molecule has 3 rings (SSSR count). The minimum Gasteiger partial charge on any atom is -0.872 e. The molecule has 0 spiro atoms. The van der Waals surface area contributed by atoms with E-state index in [2.05, 4.69) is 4.98 Å². The van der Waals surface area contributed by atoms with Gasteiger partial charge in [-0.05, 0) is 12.1 Å². The van der Waals surface area contributed by atoms with E-state index in [4.69, 9.17) is 4.42 Å². The first-order chi connectivity index (χ1) is 7.84. The summed E-state index contributed by atoms with van der Waals surface area (Å²) < 4.78 is 5.52. The van der Waals surface area contributed by atoms with Gasteiger partial charge in [-0.25, -0.2) is 4.98 Å². The SMILES string of the molecule is [O-]c1ccccc1-c1nc2ccccc2o1. The average Bonchev–Trinajstić information content (AvgIpc) is 2.73. The van der Waals surface area contributed by atoms with Crippen molar-refractivity contribution in [2.45, 2.75) is 0 Å². The van der Waals surface area contributed by atoms with Gasteiger partial charge in [-0.2, -0.15) is 0 Å². The summed E-state index contributed by atoms with van der Waals surface area (Å²) in [6.07, 6.45) is 0. The largest absolute Gasteiger partial charge is 0.872 e. The summed E-state index contributed by atoms with van der Waals surface area (Å²) in [5.41, 5.74) is 1.96. The van der Waals surface area contributed by atoms with Gasteiger partial charge in [0.2, 0.25) is 5.89 Å². The molecule has 78 valence electrons. The van der Waals surface area contributed by atoms with Gasteiger partial charge >= 0.3 is 0 Å². The van der Waals surface area contributed by atoms with Crippen LogP contribution in [0.5, 0.6) is 5.75 Å². The van der Waals surface area contributed by atoms with Crippen molar-refractivity contribution < 1.29 is 9.52 Å². The third kappa shape index (κ3) is 1.34. The zero-order valence-corrected chi connectivity index (χ0v) is 8.38. The third-order valence-corrected chi connectivity index (χ3v) is 2.41. The zero-order valence-electron chi connectivity index (χ0n) is 8.38. The molecule has 0 fully saturated rings. The number of oxazole rings is 1. The Hall–Kier alpha value is -2.29. The van der Waals surface area contributed by atoms with Gasteiger partial charge in [0, 0.05) is 5.56 Å². The van der Waals surface area contributed by atoms with E-state index in [1.54, 1.807) is 18.2 Å². The summed E-state index contributed by atoms with van der Waals surface area (Å²) in [6.45, 7) is 0. The van der Waals surface area contributed by atoms with E-state index in [0.29, 0.717) is 17.0 Å². The molecule has 1 heterocycles. The highest BCUT2D eigenvalue weighted by atomic mass is 16.3. The predicted molar refractivity (Wildman–Crippen MR) is 58.9 cm³/mol. The van der Waals surface area contributed by atoms with Gasteiger partial charge in [0.15, 0.2) is 5.58 Å². The second-order valence-electron chi connectivity index (χ2n) is 3.48. The highest BCUT2D eigenvalue weighted by Crippen LogP contribution is 2.28. The molecule has 0 radical (unpaired) electrons. The fourth-order valence-electron chi connectivity index (χ4n) is 1.63. The Morgan fingerprint density at radius 3 is 2.50 bits per heavy atom. The fraction of sp³-hybridized carbons (Fsp3) is 0. The van der Waals surface area contributed by atoms with Gasteiger partial charge in [-0.1, -0.05) is 42.1 Å². The van der Waals surface area contributed by atoms with Gasteiger partial charge in [-0.15, -0.1) is 0 Å². The van der Waals surface area contributed by atoms with Crippen molar-refractivity contribution in [3.8, 4) is 17.2 Å². The Morgan fingerprint density at radius 1 is 0.938 bits per heavy atom. The molecule has 0 aliphatic rings. The van der Waals surface area contributed by atoms with Crippen LogP contribution in [0.4, 0.5) is 0 Å². The quantitative estimate of drug-likeness (QED) is 0.620. The van der Waals surface area contributed by atoms with Crippen molar-refractivity contribution in [3.05, 3.63) is 48.5 Å². The van der Waals surface area contributed by atoms with Crippen molar-refractivity contribution in [1.29, 1.82) is 0 Å². The molecule has 0 aliphatic carbocycles. The summed E-state index contributed by atoms with van der Waals surface area (Å²) >= 11 is 0. The Balaban J connectivity index is 2.23. The molecule has 0 N–H and O–H groups in total. The summed E-state index contributed by atoms with van der Waals surface area (Å²) in [5, 5.41) is 11.6. The maximum Gasteiger partial charge on any atom is 0.226 e. The van der Waals surface area contributed by atoms with Crippen LogP contribution in [0.3, 0.4) is 0 Å². The Kier molecular flexibility index (Phi) is 1.90. The fourth-order valence-corrected chi connectivity index (χ4v) is 1.63. The number of benzene rings is 2. The maximum atomic E-state index is 11.6. The van der Waals surface area contributed by atoms with Gasteiger partial charge < -0.3 is 9.52 Å². The molecular weight excluding hydrogens is 202 g/mol. The molecule has 16 heavy (non-hydrogen) atoms. The van der Waals surface area contributed by atoms with Crippen LogP contribution in [-0.4, -0.2) is 4.98 Å². The molecule has 0 saturated heterocycles. The molecule has 0 atom stereocenters. The van der Waals surface area contributed by atoms with Gasteiger partial charge in [0.05, 0.1) is 0 Å². The predicted octanol–water partition coefficient (Wildman–Crippen LogP) is 2.57. The second-order valence-corrected chi connectivity index (χ2v) is 3.48. The Labute approximate surface area is 92.0 Å². The number of nitrogens with zero attached hydrogens (tertiary/aromatic N) is 1. The first-order valence-corrected chi connectivity index (χ1v) is 4.96. The molecule has 2 aromatic carbocycles. The topological polar surface area (TPSA) is 49.1 Å². The normalized spacial score (nSPS) is 10.8. The zero-order chi connectivity index (χ0) is 11.0.